The van der Waals surface area contributed by atoms with Crippen molar-refractivity contribution in [2.75, 3.05) is 18.3 Å². The van der Waals surface area contributed by atoms with Crippen LogP contribution in [0.3, 0.4) is 0 Å². The minimum absolute atomic E-state index is 0.360. The van der Waals surface area contributed by atoms with Crippen molar-refractivity contribution in [3.05, 3.63) is 0 Å². The minimum Gasteiger partial charge on any atom is -0.242 e. The summed E-state index contributed by atoms with van der Waals surface area (Å²) in [6.45, 7) is 9.40. The summed E-state index contributed by atoms with van der Waals surface area (Å²) in [6, 6.07) is 0. The van der Waals surface area contributed by atoms with Gasteiger partial charge in [0.25, 0.3) is 0 Å². The molecule has 0 fully saturated rings. The maximum Gasteiger partial charge on any atom is -0.00872 e. The zero-order valence-corrected chi connectivity index (χ0v) is 9.85. The highest BCUT2D eigenvalue weighted by Gasteiger charge is 2.26. The highest BCUT2D eigenvalue weighted by atomic mass is 32.3. The van der Waals surface area contributed by atoms with Gasteiger partial charge < -0.3 is 0 Å². The maximum atomic E-state index is 2.46. The Morgan fingerprint density at radius 2 is 1.55 bits per heavy atom. The van der Waals surface area contributed by atoms with Gasteiger partial charge in [-0.3, -0.25) is 0 Å². The molecule has 0 bridgehead atoms. The Hall–Kier alpha value is 0.350. The van der Waals surface area contributed by atoms with Gasteiger partial charge in [0.15, 0.2) is 0 Å². The molecule has 70 valence electrons. The molecular weight excluding hydrogens is 152 g/mol. The van der Waals surface area contributed by atoms with Crippen LogP contribution in [0.15, 0.2) is 0 Å². The first-order chi connectivity index (χ1) is 4.81. The standard InChI is InChI=1S/C10H24S/c1-7-8-9-11(5,6)10(2,3)4/h7-9H2,1-6H3. The Morgan fingerprint density at radius 3 is 1.82 bits per heavy atom. The summed E-state index contributed by atoms with van der Waals surface area (Å²) in [7, 11) is -0.360. The van der Waals surface area contributed by atoms with E-state index in [1.807, 2.05) is 0 Å². The SMILES string of the molecule is CCCCS(C)(C)C(C)(C)C. The number of hydrogen-bond donors (Lipinski definition) is 0. The molecule has 11 heavy (non-hydrogen) atoms. The van der Waals surface area contributed by atoms with E-state index in [9.17, 15) is 0 Å². The third-order valence-electron chi connectivity index (χ3n) is 2.67. The molecule has 0 aromatic heterocycles. The van der Waals surface area contributed by atoms with Crippen LogP contribution in [-0.4, -0.2) is 23.0 Å². The summed E-state index contributed by atoms with van der Waals surface area (Å²) in [5, 5.41) is 0. The van der Waals surface area contributed by atoms with Gasteiger partial charge >= 0.3 is 0 Å². The molecule has 0 aromatic rings. The molecular formula is C10H24S. The molecule has 0 N–H and O–H groups in total. The van der Waals surface area contributed by atoms with Gasteiger partial charge in [0.05, 0.1) is 0 Å². The molecule has 0 saturated heterocycles. The Balaban J connectivity index is 4.00. The van der Waals surface area contributed by atoms with Crippen molar-refractivity contribution in [3.8, 4) is 0 Å². The fourth-order valence-electron chi connectivity index (χ4n) is 0.811. The summed E-state index contributed by atoms with van der Waals surface area (Å²) in [5.41, 5.74) is 0. The van der Waals surface area contributed by atoms with Crippen molar-refractivity contribution in [2.24, 2.45) is 0 Å². The lowest BCUT2D eigenvalue weighted by molar-refractivity contribution is 0.777. The fourth-order valence-corrected chi connectivity index (χ4v) is 2.43. The molecule has 0 atom stereocenters. The van der Waals surface area contributed by atoms with Crippen LogP contribution < -0.4 is 0 Å². The van der Waals surface area contributed by atoms with E-state index in [0.717, 1.165) is 0 Å². The molecule has 0 nitrogen and oxygen atoms in total. The van der Waals surface area contributed by atoms with E-state index in [4.69, 9.17) is 0 Å². The highest BCUT2D eigenvalue weighted by molar-refractivity contribution is 8.33. The van der Waals surface area contributed by atoms with E-state index in [-0.39, 0.29) is 10.0 Å². The molecule has 0 aliphatic heterocycles. The van der Waals surface area contributed by atoms with E-state index < -0.39 is 0 Å². The summed E-state index contributed by atoms with van der Waals surface area (Å²) in [4.78, 5) is 0. The first-order valence-corrected chi connectivity index (χ1v) is 7.13. The van der Waals surface area contributed by atoms with Crippen LogP contribution in [0.4, 0.5) is 0 Å². The Labute approximate surface area is 74.1 Å². The lowest BCUT2D eigenvalue weighted by atomic mass is 10.3. The largest absolute Gasteiger partial charge is 0.242 e. The number of hydrogen-bond acceptors (Lipinski definition) is 0. The van der Waals surface area contributed by atoms with Crippen molar-refractivity contribution in [3.63, 3.8) is 0 Å². The van der Waals surface area contributed by atoms with Crippen LogP contribution in [0.1, 0.15) is 40.5 Å². The van der Waals surface area contributed by atoms with Gasteiger partial charge in [0.2, 0.25) is 0 Å². The summed E-state index contributed by atoms with van der Waals surface area (Å²) < 4.78 is 0.530. The summed E-state index contributed by atoms with van der Waals surface area (Å²) in [5.74, 6) is 1.44. The second-order valence-corrected chi connectivity index (χ2v) is 9.42. The highest BCUT2D eigenvalue weighted by Crippen LogP contribution is 2.53. The van der Waals surface area contributed by atoms with Gasteiger partial charge in [0.1, 0.15) is 0 Å². The van der Waals surface area contributed by atoms with E-state index in [0.29, 0.717) is 4.75 Å². The molecule has 0 rings (SSSR count). The minimum atomic E-state index is -0.360. The van der Waals surface area contributed by atoms with Crippen LogP contribution in [0, 0.1) is 0 Å². The van der Waals surface area contributed by atoms with E-state index in [2.05, 4.69) is 40.2 Å². The van der Waals surface area contributed by atoms with Crippen molar-refractivity contribution >= 4 is 10.0 Å². The molecule has 0 aliphatic carbocycles. The molecule has 0 heterocycles. The second kappa shape index (κ2) is 3.84. The zero-order chi connectivity index (χ0) is 9.12. The quantitative estimate of drug-likeness (QED) is 0.616. The zero-order valence-electron chi connectivity index (χ0n) is 9.03. The van der Waals surface area contributed by atoms with Gasteiger partial charge in [-0.15, -0.1) is 0 Å². The monoisotopic (exact) mass is 176 g/mol. The fraction of sp³-hybridized carbons (Fsp3) is 1.00. The van der Waals surface area contributed by atoms with Crippen molar-refractivity contribution in [1.82, 2.24) is 0 Å². The Morgan fingerprint density at radius 1 is 1.09 bits per heavy atom. The predicted octanol–water partition coefficient (Wildman–Crippen LogP) is 3.65. The lowest BCUT2D eigenvalue weighted by Gasteiger charge is -2.44. The van der Waals surface area contributed by atoms with E-state index in [1.165, 1.54) is 18.6 Å². The molecule has 0 aromatic carbocycles. The molecule has 0 radical (unpaired) electrons. The molecule has 1 heteroatoms. The first kappa shape index (κ1) is 11.4. The topological polar surface area (TPSA) is 0 Å². The van der Waals surface area contributed by atoms with Crippen LogP contribution in [0.2, 0.25) is 0 Å². The molecule has 0 amide bonds. The Kier molecular flexibility index (Phi) is 3.96. The van der Waals surface area contributed by atoms with Crippen molar-refractivity contribution in [2.45, 2.75) is 45.3 Å². The van der Waals surface area contributed by atoms with Crippen LogP contribution in [0.5, 0.6) is 0 Å². The summed E-state index contributed by atoms with van der Waals surface area (Å²) >= 11 is 0. The van der Waals surface area contributed by atoms with Crippen LogP contribution >= 0.6 is 10.0 Å². The maximum absolute atomic E-state index is 2.46. The molecule has 0 saturated carbocycles. The van der Waals surface area contributed by atoms with Crippen molar-refractivity contribution in [1.29, 1.82) is 0 Å². The third kappa shape index (κ3) is 3.50. The third-order valence-corrected chi connectivity index (χ3v) is 7.29. The van der Waals surface area contributed by atoms with Gasteiger partial charge in [-0.25, -0.2) is 10.0 Å². The van der Waals surface area contributed by atoms with Gasteiger partial charge in [-0.05, 0) is 29.4 Å². The number of unbranched alkanes of at least 4 members (excludes halogenated alkanes) is 1. The summed E-state index contributed by atoms with van der Waals surface area (Å²) in [6.07, 6.45) is 7.66. The molecule has 0 aliphatic rings. The predicted molar refractivity (Wildman–Crippen MR) is 59.0 cm³/mol. The first-order valence-electron chi connectivity index (χ1n) is 4.52. The average molecular weight is 176 g/mol. The lowest BCUT2D eigenvalue weighted by Crippen LogP contribution is -2.25. The second-order valence-electron chi connectivity index (χ2n) is 4.71. The van der Waals surface area contributed by atoms with E-state index >= 15 is 0 Å². The van der Waals surface area contributed by atoms with Gasteiger partial charge in [0, 0.05) is 0 Å². The van der Waals surface area contributed by atoms with Crippen molar-refractivity contribution < 1.29 is 0 Å². The normalized spacial score (nSPS) is 15.1. The molecule has 0 unspecified atom stereocenters. The molecule has 0 spiro atoms. The van der Waals surface area contributed by atoms with Crippen LogP contribution in [0.25, 0.3) is 0 Å². The van der Waals surface area contributed by atoms with Gasteiger partial charge in [-0.1, -0.05) is 34.1 Å². The number of rotatable bonds is 3. The van der Waals surface area contributed by atoms with E-state index in [1.54, 1.807) is 0 Å². The Bertz CT molecular complexity index is 109. The van der Waals surface area contributed by atoms with Crippen LogP contribution in [-0.2, 0) is 0 Å². The average Bonchev–Trinajstić information content (AvgIpc) is 1.81. The smallest absolute Gasteiger partial charge is 0.00872 e. The van der Waals surface area contributed by atoms with Gasteiger partial charge in [-0.2, -0.15) is 0 Å².